The van der Waals surface area contributed by atoms with Crippen molar-refractivity contribution >= 4 is 23.8 Å². The zero-order valence-electron chi connectivity index (χ0n) is 25.4. The smallest absolute Gasteiger partial charge is 0.408 e. The summed E-state index contributed by atoms with van der Waals surface area (Å²) in [6.07, 6.45) is 1.82. The highest BCUT2D eigenvalue weighted by molar-refractivity contribution is 5.95. The molecule has 4 rings (SSSR count). The molecule has 0 aromatic heterocycles. The van der Waals surface area contributed by atoms with Gasteiger partial charge in [0.25, 0.3) is 0 Å². The first-order chi connectivity index (χ1) is 20.5. The van der Waals surface area contributed by atoms with E-state index in [2.05, 4.69) is 16.0 Å². The second-order valence-electron chi connectivity index (χ2n) is 12.4. The van der Waals surface area contributed by atoms with E-state index in [-0.39, 0.29) is 25.0 Å². The Morgan fingerprint density at radius 3 is 2.05 bits per heavy atom. The van der Waals surface area contributed by atoms with Crippen molar-refractivity contribution in [3.8, 4) is 0 Å². The van der Waals surface area contributed by atoms with Gasteiger partial charge in [-0.1, -0.05) is 67.6 Å². The van der Waals surface area contributed by atoms with Crippen LogP contribution in [-0.2, 0) is 19.1 Å². The number of ether oxygens (including phenoxy) is 1. The molecule has 0 saturated carbocycles. The molecular weight excluding hydrogens is 548 g/mol. The van der Waals surface area contributed by atoms with Crippen molar-refractivity contribution in [3.05, 3.63) is 71.8 Å². The monoisotopic (exact) mass is 592 g/mol. The van der Waals surface area contributed by atoms with Crippen LogP contribution in [0.2, 0.25) is 0 Å². The molecule has 2 fully saturated rings. The number of rotatable bonds is 9. The second-order valence-corrected chi connectivity index (χ2v) is 12.4. The maximum atomic E-state index is 14.1. The number of carbonyl (C=O) groups is 4. The van der Waals surface area contributed by atoms with Crippen molar-refractivity contribution in [3.63, 3.8) is 0 Å². The zero-order valence-corrected chi connectivity index (χ0v) is 25.4. The Balaban J connectivity index is 1.53. The van der Waals surface area contributed by atoms with Gasteiger partial charge in [0.1, 0.15) is 23.7 Å². The van der Waals surface area contributed by atoms with Crippen molar-refractivity contribution < 1.29 is 29.0 Å². The van der Waals surface area contributed by atoms with E-state index in [1.165, 1.54) is 0 Å². The summed E-state index contributed by atoms with van der Waals surface area (Å²) in [5.41, 5.74) is 1.11. The van der Waals surface area contributed by atoms with Gasteiger partial charge in [0.15, 0.2) is 0 Å². The van der Waals surface area contributed by atoms with Crippen LogP contribution < -0.4 is 16.0 Å². The molecule has 2 saturated heterocycles. The van der Waals surface area contributed by atoms with Gasteiger partial charge in [0, 0.05) is 18.6 Å². The van der Waals surface area contributed by atoms with Crippen LogP contribution in [0.15, 0.2) is 60.7 Å². The summed E-state index contributed by atoms with van der Waals surface area (Å²) in [6, 6.07) is 16.1. The minimum atomic E-state index is -1.04. The van der Waals surface area contributed by atoms with Crippen molar-refractivity contribution in [1.29, 1.82) is 0 Å². The van der Waals surface area contributed by atoms with Gasteiger partial charge in [0.05, 0.1) is 6.04 Å². The lowest BCUT2D eigenvalue weighted by molar-refractivity contribution is -0.144. The average molecular weight is 593 g/mol. The normalized spacial score (nSPS) is 22.7. The first kappa shape index (κ1) is 32.0. The summed E-state index contributed by atoms with van der Waals surface area (Å²) >= 11 is 0. The molecule has 2 aromatic carbocycles. The SMILES string of the molecule is CCC(NC(=O)OC(C)(C)C)C(=O)NC1C(=O)N2C(CCC1CO)CCC2C(=O)NC(c1ccccc1)c1ccccc1. The molecule has 10 nitrogen and oxygen atoms in total. The highest BCUT2D eigenvalue weighted by atomic mass is 16.6. The highest BCUT2D eigenvalue weighted by Gasteiger charge is 2.48. The summed E-state index contributed by atoms with van der Waals surface area (Å²) in [6.45, 7) is 6.63. The fourth-order valence-electron chi connectivity index (χ4n) is 6.01. The molecule has 2 heterocycles. The van der Waals surface area contributed by atoms with Crippen LogP contribution in [0.1, 0.15) is 77.0 Å². The van der Waals surface area contributed by atoms with E-state index in [1.54, 1.807) is 32.6 Å². The van der Waals surface area contributed by atoms with Gasteiger partial charge in [-0.25, -0.2) is 4.79 Å². The molecule has 10 heteroatoms. The minimum Gasteiger partial charge on any atom is -0.444 e. The Morgan fingerprint density at radius 1 is 0.930 bits per heavy atom. The number of aliphatic hydroxyl groups excluding tert-OH is 1. The van der Waals surface area contributed by atoms with Gasteiger partial charge in [0.2, 0.25) is 17.7 Å². The molecule has 4 N–H and O–H groups in total. The first-order valence-electron chi connectivity index (χ1n) is 15.2. The summed E-state index contributed by atoms with van der Waals surface area (Å²) in [5.74, 6) is -1.72. The fourth-order valence-corrected chi connectivity index (χ4v) is 6.01. The van der Waals surface area contributed by atoms with Gasteiger partial charge in [-0.05, 0) is 64.0 Å². The molecule has 0 bridgehead atoms. The highest BCUT2D eigenvalue weighted by Crippen LogP contribution is 2.35. The Bertz CT molecular complexity index is 1230. The zero-order chi connectivity index (χ0) is 31.1. The molecule has 43 heavy (non-hydrogen) atoms. The summed E-state index contributed by atoms with van der Waals surface area (Å²) in [5, 5.41) is 18.8. The van der Waals surface area contributed by atoms with E-state index < -0.39 is 53.6 Å². The van der Waals surface area contributed by atoms with Crippen LogP contribution in [-0.4, -0.2) is 70.2 Å². The molecule has 5 atom stereocenters. The molecule has 0 aliphatic carbocycles. The number of hydrogen-bond acceptors (Lipinski definition) is 6. The van der Waals surface area contributed by atoms with Crippen LogP contribution in [0.4, 0.5) is 4.79 Å². The summed E-state index contributed by atoms with van der Waals surface area (Å²) < 4.78 is 5.30. The van der Waals surface area contributed by atoms with E-state index in [4.69, 9.17) is 4.74 Å². The van der Waals surface area contributed by atoms with Crippen LogP contribution >= 0.6 is 0 Å². The van der Waals surface area contributed by atoms with E-state index in [9.17, 15) is 24.3 Å². The summed E-state index contributed by atoms with van der Waals surface area (Å²) in [4.78, 5) is 55.3. The van der Waals surface area contributed by atoms with Crippen molar-refractivity contribution in [2.75, 3.05) is 6.61 Å². The number of aliphatic hydroxyl groups is 1. The van der Waals surface area contributed by atoms with Crippen molar-refractivity contribution in [1.82, 2.24) is 20.9 Å². The van der Waals surface area contributed by atoms with Crippen molar-refractivity contribution in [2.24, 2.45) is 5.92 Å². The Labute approximate surface area is 253 Å². The van der Waals surface area contributed by atoms with Gasteiger partial charge >= 0.3 is 6.09 Å². The Morgan fingerprint density at radius 2 is 1.51 bits per heavy atom. The van der Waals surface area contributed by atoms with E-state index in [0.717, 1.165) is 11.1 Å². The molecule has 4 amide bonds. The maximum absolute atomic E-state index is 14.1. The number of nitrogens with one attached hydrogen (secondary N) is 3. The number of amides is 4. The summed E-state index contributed by atoms with van der Waals surface area (Å²) in [7, 11) is 0. The lowest BCUT2D eigenvalue weighted by atomic mass is 9.93. The standard InChI is InChI=1S/C33H44N4O6/c1-5-25(34-32(42)43-33(2,3)4)29(39)36-28-23(20-38)16-17-24-18-19-26(37(24)31(28)41)30(40)35-27(21-12-8-6-9-13-21)22-14-10-7-11-15-22/h6-15,23-28,38H,5,16-20H2,1-4H3,(H,34,42)(H,35,40)(H,36,39). The molecule has 0 radical (unpaired) electrons. The third-order valence-corrected chi connectivity index (χ3v) is 8.17. The number of carbonyl (C=O) groups excluding carboxylic acids is 4. The third kappa shape index (κ3) is 7.93. The predicted molar refractivity (Wildman–Crippen MR) is 162 cm³/mol. The average Bonchev–Trinajstić information content (AvgIpc) is 3.36. The third-order valence-electron chi connectivity index (χ3n) is 8.17. The molecule has 2 aliphatic heterocycles. The number of nitrogens with zero attached hydrogens (tertiary/aromatic N) is 1. The van der Waals surface area contributed by atoms with E-state index in [0.29, 0.717) is 25.7 Å². The van der Waals surface area contributed by atoms with Crippen LogP contribution in [0.5, 0.6) is 0 Å². The lowest BCUT2D eigenvalue weighted by Crippen LogP contribution is -2.59. The minimum absolute atomic E-state index is 0.173. The fraction of sp³-hybridized carbons (Fsp3) is 0.515. The van der Waals surface area contributed by atoms with Crippen LogP contribution in [0, 0.1) is 5.92 Å². The Kier molecular flexibility index (Phi) is 10.4. The van der Waals surface area contributed by atoms with Gasteiger partial charge in [-0.3, -0.25) is 14.4 Å². The molecule has 232 valence electrons. The number of hydrogen-bond donors (Lipinski definition) is 4. The van der Waals surface area contributed by atoms with E-state index >= 15 is 0 Å². The first-order valence-corrected chi connectivity index (χ1v) is 15.2. The largest absolute Gasteiger partial charge is 0.444 e. The van der Waals surface area contributed by atoms with Crippen LogP contribution in [0.25, 0.3) is 0 Å². The lowest BCUT2D eigenvalue weighted by Gasteiger charge is -2.33. The maximum Gasteiger partial charge on any atom is 0.408 e. The number of fused-ring (bicyclic) bond motifs is 1. The van der Waals surface area contributed by atoms with Gasteiger partial charge in [-0.15, -0.1) is 0 Å². The van der Waals surface area contributed by atoms with E-state index in [1.807, 2.05) is 60.7 Å². The quantitative estimate of drug-likeness (QED) is 0.352. The van der Waals surface area contributed by atoms with Crippen molar-refractivity contribution in [2.45, 2.75) is 95.6 Å². The van der Waals surface area contributed by atoms with Crippen LogP contribution in [0.3, 0.4) is 0 Å². The number of benzene rings is 2. The van der Waals surface area contributed by atoms with Gasteiger partial charge < -0.3 is 30.7 Å². The second kappa shape index (κ2) is 14.0. The molecular formula is C33H44N4O6. The van der Waals surface area contributed by atoms with Gasteiger partial charge in [-0.2, -0.15) is 0 Å². The topological polar surface area (TPSA) is 137 Å². The predicted octanol–water partition coefficient (Wildman–Crippen LogP) is 3.44. The molecule has 0 spiro atoms. The Hall–Kier alpha value is -3.92. The molecule has 2 aromatic rings. The number of alkyl carbamates (subject to hydrolysis) is 1. The molecule has 2 aliphatic rings. The molecule has 5 unspecified atom stereocenters.